The van der Waals surface area contributed by atoms with Crippen molar-refractivity contribution in [3.05, 3.63) is 131 Å². The van der Waals surface area contributed by atoms with Gasteiger partial charge >= 0.3 is 0 Å². The fourth-order valence-electron chi connectivity index (χ4n) is 4.88. The van der Waals surface area contributed by atoms with Crippen LogP contribution in [0.5, 0.6) is 0 Å². The Morgan fingerprint density at radius 3 is 2.07 bits per heavy atom. The first-order valence-corrected chi connectivity index (χ1v) is 13.6. The van der Waals surface area contributed by atoms with Gasteiger partial charge in [-0.05, 0) is 72.3 Å². The summed E-state index contributed by atoms with van der Waals surface area (Å²) in [5.74, 6) is -1.80. The van der Waals surface area contributed by atoms with Crippen molar-refractivity contribution in [1.29, 1.82) is 0 Å². The molecule has 42 heavy (non-hydrogen) atoms. The van der Waals surface area contributed by atoms with Gasteiger partial charge in [0.05, 0.1) is 0 Å². The smallest absolute Gasteiger partial charge is 0.254 e. The molecule has 4 aromatic carbocycles. The van der Waals surface area contributed by atoms with Crippen LogP contribution in [-0.2, 0) is 11.3 Å². The molecule has 1 fully saturated rings. The van der Waals surface area contributed by atoms with Crippen molar-refractivity contribution in [2.75, 3.05) is 42.9 Å². The van der Waals surface area contributed by atoms with Crippen LogP contribution in [0.25, 0.3) is 0 Å². The van der Waals surface area contributed by atoms with Crippen molar-refractivity contribution in [1.82, 2.24) is 9.80 Å². The molecule has 0 aromatic heterocycles. The molecule has 1 N–H and O–H groups in total. The zero-order valence-corrected chi connectivity index (χ0v) is 22.9. The topological polar surface area (TPSA) is 73.0 Å². The van der Waals surface area contributed by atoms with Gasteiger partial charge in [-0.15, -0.1) is 0 Å². The van der Waals surface area contributed by atoms with E-state index in [1.807, 2.05) is 42.5 Å². The van der Waals surface area contributed by atoms with Gasteiger partial charge in [-0.3, -0.25) is 14.4 Å². The summed E-state index contributed by atoms with van der Waals surface area (Å²) in [6, 6.07) is 27.7. The summed E-state index contributed by atoms with van der Waals surface area (Å²) in [6.45, 7) is 2.28. The molecule has 214 valence electrons. The summed E-state index contributed by atoms with van der Waals surface area (Å²) in [6.07, 6.45) is 0. The third-order valence-electron chi connectivity index (χ3n) is 7.08. The monoisotopic (exact) mass is 568 g/mol. The van der Waals surface area contributed by atoms with Crippen LogP contribution in [0.3, 0.4) is 0 Å². The standard InChI is InChI=1S/C33H30F2N4O3/c34-27-11-9-25(10-12-27)32(41)39(22-24-5-2-1-3-6-24)23-31(40)36-29-13-15-30(16-14-29)37-17-19-38(20-18-37)33(42)26-7-4-8-28(35)21-26/h1-16,21H,17-20,22-23H2,(H,36,40). The van der Waals surface area contributed by atoms with Gasteiger partial charge in [0.1, 0.15) is 18.2 Å². The maximum Gasteiger partial charge on any atom is 0.254 e. The van der Waals surface area contributed by atoms with Gasteiger partial charge < -0.3 is 20.0 Å². The third-order valence-corrected chi connectivity index (χ3v) is 7.08. The van der Waals surface area contributed by atoms with Crippen LogP contribution in [0.2, 0.25) is 0 Å². The molecule has 1 aliphatic rings. The number of carbonyl (C=O) groups excluding carboxylic acids is 3. The van der Waals surface area contributed by atoms with Crippen molar-refractivity contribution < 1.29 is 23.2 Å². The van der Waals surface area contributed by atoms with E-state index in [-0.39, 0.29) is 30.8 Å². The minimum atomic E-state index is -0.443. The molecule has 0 spiro atoms. The molecular weight excluding hydrogens is 538 g/mol. The van der Waals surface area contributed by atoms with Crippen molar-refractivity contribution in [2.24, 2.45) is 0 Å². The largest absolute Gasteiger partial charge is 0.368 e. The maximum atomic E-state index is 13.5. The van der Waals surface area contributed by atoms with Crippen LogP contribution < -0.4 is 10.2 Å². The van der Waals surface area contributed by atoms with Crippen LogP contribution in [0.4, 0.5) is 20.2 Å². The Morgan fingerprint density at radius 2 is 1.40 bits per heavy atom. The molecule has 0 atom stereocenters. The second kappa shape index (κ2) is 13.1. The van der Waals surface area contributed by atoms with Crippen LogP contribution in [0, 0.1) is 11.6 Å². The van der Waals surface area contributed by atoms with Gasteiger partial charge in [0.25, 0.3) is 11.8 Å². The van der Waals surface area contributed by atoms with E-state index in [0.29, 0.717) is 43.0 Å². The summed E-state index contributed by atoms with van der Waals surface area (Å²) >= 11 is 0. The second-order valence-electron chi connectivity index (χ2n) is 10.0. The Morgan fingerprint density at radius 1 is 0.714 bits per heavy atom. The number of rotatable bonds is 8. The molecule has 0 saturated carbocycles. The number of nitrogens with zero attached hydrogens (tertiary/aromatic N) is 3. The SMILES string of the molecule is O=C(CN(Cc1ccccc1)C(=O)c1ccc(F)cc1)Nc1ccc(N2CCN(C(=O)c3cccc(F)c3)CC2)cc1. The number of hydrogen-bond acceptors (Lipinski definition) is 4. The summed E-state index contributed by atoms with van der Waals surface area (Å²) in [7, 11) is 0. The summed E-state index contributed by atoms with van der Waals surface area (Å²) in [4.78, 5) is 44.2. The molecule has 5 rings (SSSR count). The molecule has 1 saturated heterocycles. The van der Waals surface area contributed by atoms with E-state index in [0.717, 1.165) is 11.3 Å². The zero-order chi connectivity index (χ0) is 29.5. The molecule has 0 radical (unpaired) electrons. The molecule has 1 aliphatic heterocycles. The predicted octanol–water partition coefficient (Wildman–Crippen LogP) is 5.21. The first kappa shape index (κ1) is 28.5. The highest BCUT2D eigenvalue weighted by Crippen LogP contribution is 2.21. The Bertz CT molecular complexity index is 1540. The summed E-state index contributed by atoms with van der Waals surface area (Å²) in [5, 5.41) is 2.85. The number of piperazine rings is 1. The van der Waals surface area contributed by atoms with Gasteiger partial charge in [-0.25, -0.2) is 8.78 Å². The number of halogens is 2. The average molecular weight is 569 g/mol. The van der Waals surface area contributed by atoms with E-state index in [4.69, 9.17) is 0 Å². The van der Waals surface area contributed by atoms with E-state index in [1.54, 1.807) is 23.1 Å². The van der Waals surface area contributed by atoms with Gasteiger partial charge in [0, 0.05) is 55.2 Å². The number of nitrogens with one attached hydrogen (secondary N) is 1. The Kier molecular flexibility index (Phi) is 8.87. The Hall–Kier alpha value is -5.05. The number of carbonyl (C=O) groups is 3. The van der Waals surface area contributed by atoms with E-state index >= 15 is 0 Å². The van der Waals surface area contributed by atoms with Crippen molar-refractivity contribution in [3.63, 3.8) is 0 Å². The molecule has 0 unspecified atom stereocenters. The quantitative estimate of drug-likeness (QED) is 0.317. The number of anilines is 2. The van der Waals surface area contributed by atoms with Gasteiger partial charge in [-0.2, -0.15) is 0 Å². The lowest BCUT2D eigenvalue weighted by Gasteiger charge is -2.36. The van der Waals surface area contributed by atoms with Gasteiger partial charge in [0.2, 0.25) is 5.91 Å². The average Bonchev–Trinajstić information content (AvgIpc) is 3.01. The van der Waals surface area contributed by atoms with Crippen LogP contribution in [-0.4, -0.2) is 60.2 Å². The highest BCUT2D eigenvalue weighted by Gasteiger charge is 2.23. The molecule has 4 aromatic rings. The third kappa shape index (κ3) is 7.17. The highest BCUT2D eigenvalue weighted by molar-refractivity contribution is 5.99. The Labute approximate surface area is 243 Å². The molecule has 7 nitrogen and oxygen atoms in total. The summed E-state index contributed by atoms with van der Waals surface area (Å²) in [5.41, 5.74) is 3.02. The minimum Gasteiger partial charge on any atom is -0.368 e. The summed E-state index contributed by atoms with van der Waals surface area (Å²) < 4.78 is 26.9. The van der Waals surface area contributed by atoms with Crippen molar-refractivity contribution in [2.45, 2.75) is 6.54 Å². The Balaban J connectivity index is 1.18. The van der Waals surface area contributed by atoms with Crippen molar-refractivity contribution >= 4 is 29.1 Å². The molecule has 3 amide bonds. The lowest BCUT2D eigenvalue weighted by atomic mass is 10.1. The van der Waals surface area contributed by atoms with Crippen molar-refractivity contribution in [3.8, 4) is 0 Å². The van der Waals surface area contributed by atoms with E-state index < -0.39 is 11.6 Å². The first-order chi connectivity index (χ1) is 20.4. The molecule has 0 aliphatic carbocycles. The van der Waals surface area contributed by atoms with Gasteiger partial charge in [-0.1, -0.05) is 36.4 Å². The number of amides is 3. The number of benzene rings is 4. The number of hydrogen-bond donors (Lipinski definition) is 1. The van der Waals surface area contributed by atoms with E-state index in [1.165, 1.54) is 47.4 Å². The fourth-order valence-corrected chi connectivity index (χ4v) is 4.88. The molecule has 0 bridgehead atoms. The highest BCUT2D eigenvalue weighted by atomic mass is 19.1. The lowest BCUT2D eigenvalue weighted by molar-refractivity contribution is -0.117. The molecule has 1 heterocycles. The van der Waals surface area contributed by atoms with Crippen LogP contribution >= 0.6 is 0 Å². The molecule has 9 heteroatoms. The lowest BCUT2D eigenvalue weighted by Crippen LogP contribution is -2.48. The predicted molar refractivity (Wildman–Crippen MR) is 157 cm³/mol. The first-order valence-electron chi connectivity index (χ1n) is 13.6. The van der Waals surface area contributed by atoms with E-state index in [9.17, 15) is 23.2 Å². The maximum absolute atomic E-state index is 13.5. The van der Waals surface area contributed by atoms with Crippen LogP contribution in [0.1, 0.15) is 26.3 Å². The minimum absolute atomic E-state index is 0.186. The van der Waals surface area contributed by atoms with E-state index in [2.05, 4.69) is 10.2 Å². The van der Waals surface area contributed by atoms with Crippen LogP contribution in [0.15, 0.2) is 103 Å². The second-order valence-corrected chi connectivity index (χ2v) is 10.0. The fraction of sp³-hybridized carbons (Fsp3) is 0.182. The zero-order valence-electron chi connectivity index (χ0n) is 22.9. The normalized spacial score (nSPS) is 13.0. The van der Waals surface area contributed by atoms with Gasteiger partial charge in [0.15, 0.2) is 0 Å². The molecular formula is C33H30F2N4O3.